The number of rotatable bonds is 5. The van der Waals surface area contributed by atoms with E-state index in [4.69, 9.17) is 26.6 Å². The first-order valence-electron chi connectivity index (χ1n) is 22.3. The lowest BCUT2D eigenvalue weighted by Crippen LogP contribution is -2.06. The number of fused-ring (bicyclic) bond motifs is 10. The van der Waals surface area contributed by atoms with Gasteiger partial charge in [0.2, 0.25) is 11.2 Å². The minimum atomic E-state index is 0.202. The highest BCUT2D eigenvalue weighted by atomic mass is 35.5. The molecule has 0 atom stereocenters. The number of nitrogens with zero attached hydrogens (tertiary/aromatic N) is 7. The van der Waals surface area contributed by atoms with Crippen molar-refractivity contribution in [3.8, 4) is 51.5 Å². The summed E-state index contributed by atoms with van der Waals surface area (Å²) in [7, 11) is 0. The van der Waals surface area contributed by atoms with Crippen LogP contribution in [0.3, 0.4) is 0 Å². The Labute approximate surface area is 408 Å². The Morgan fingerprint density at radius 1 is 0.362 bits per heavy atom. The molecule has 0 fully saturated rings. The number of thiophene rings is 2. The van der Waals surface area contributed by atoms with E-state index in [-0.39, 0.29) is 5.28 Å². The molecule has 14 rings (SSSR count). The lowest BCUT2D eigenvalue weighted by Gasteiger charge is -2.10. The molecule has 8 aromatic carbocycles. The molecular formula is C58H37ClN8S2. The molecule has 0 amide bonds. The molecule has 0 spiro atoms. The molecule has 1 N–H and O–H groups in total. The molecule has 0 saturated heterocycles. The molecule has 0 aliphatic heterocycles. The van der Waals surface area contributed by atoms with Gasteiger partial charge < -0.3 is 4.98 Å². The number of H-pyrrole nitrogens is 1. The van der Waals surface area contributed by atoms with Crippen LogP contribution in [0.25, 0.3) is 115 Å². The summed E-state index contributed by atoms with van der Waals surface area (Å²) in [5, 5.41) is 12.2. The van der Waals surface area contributed by atoms with Gasteiger partial charge in [0.05, 0.1) is 11.0 Å². The van der Waals surface area contributed by atoms with E-state index in [2.05, 4.69) is 120 Å². The SMILES string of the molecule is Clc1nc(-c2ccccc2)nc(-c2ccccc2)n1.c1ccc(-c2nc(-c3ccccc3)nc(-n3c4ccccc4c4c5sccc5ccc43)n2)cc1.c1ccc2c(c1)[nH]c1ccc3ccsc3c12. The van der Waals surface area contributed by atoms with Crippen LogP contribution < -0.4 is 0 Å². The molecule has 6 heterocycles. The molecule has 0 radical (unpaired) electrons. The molecule has 0 bridgehead atoms. The third kappa shape index (κ3) is 8.16. The van der Waals surface area contributed by atoms with E-state index in [0.717, 1.165) is 33.3 Å². The summed E-state index contributed by atoms with van der Waals surface area (Å²) in [4.78, 5) is 31.1. The first-order valence-corrected chi connectivity index (χ1v) is 24.4. The van der Waals surface area contributed by atoms with Crippen molar-refractivity contribution in [2.24, 2.45) is 0 Å². The fraction of sp³-hybridized carbons (Fsp3) is 0. The minimum Gasteiger partial charge on any atom is -0.354 e. The zero-order valence-electron chi connectivity index (χ0n) is 36.6. The van der Waals surface area contributed by atoms with Crippen molar-refractivity contribution < 1.29 is 0 Å². The van der Waals surface area contributed by atoms with Crippen molar-refractivity contribution in [1.82, 2.24) is 39.5 Å². The number of para-hydroxylation sites is 2. The van der Waals surface area contributed by atoms with E-state index in [1.807, 2.05) is 133 Å². The molecule has 14 aromatic rings. The topological polar surface area (TPSA) is 98.1 Å². The van der Waals surface area contributed by atoms with Crippen molar-refractivity contribution >= 4 is 98.1 Å². The molecule has 6 aromatic heterocycles. The average molecular weight is 946 g/mol. The van der Waals surface area contributed by atoms with E-state index in [1.165, 1.54) is 52.8 Å². The van der Waals surface area contributed by atoms with Crippen molar-refractivity contribution in [3.63, 3.8) is 0 Å². The van der Waals surface area contributed by atoms with Crippen molar-refractivity contribution in [2.75, 3.05) is 0 Å². The lowest BCUT2D eigenvalue weighted by molar-refractivity contribution is 0.953. The number of aromatic nitrogens is 8. The summed E-state index contributed by atoms with van der Waals surface area (Å²) in [6.45, 7) is 0. The first-order chi connectivity index (χ1) is 34.1. The summed E-state index contributed by atoms with van der Waals surface area (Å²) in [6.07, 6.45) is 0. The summed E-state index contributed by atoms with van der Waals surface area (Å²) < 4.78 is 4.84. The van der Waals surface area contributed by atoms with Gasteiger partial charge in [0, 0.05) is 64.2 Å². The van der Waals surface area contributed by atoms with Crippen LogP contribution >= 0.6 is 34.3 Å². The van der Waals surface area contributed by atoms with Gasteiger partial charge in [-0.2, -0.15) is 19.9 Å². The number of nitrogens with one attached hydrogen (secondary N) is 1. The maximum atomic E-state index is 5.99. The third-order valence-corrected chi connectivity index (χ3v) is 14.0. The fourth-order valence-corrected chi connectivity index (χ4v) is 10.8. The molecule has 328 valence electrons. The second kappa shape index (κ2) is 18.3. The zero-order chi connectivity index (χ0) is 46.1. The van der Waals surface area contributed by atoms with Gasteiger partial charge in [0.15, 0.2) is 23.3 Å². The molecule has 69 heavy (non-hydrogen) atoms. The Kier molecular flexibility index (Phi) is 11.2. The van der Waals surface area contributed by atoms with Crippen LogP contribution in [0.15, 0.2) is 217 Å². The van der Waals surface area contributed by atoms with E-state index in [1.54, 1.807) is 11.3 Å². The van der Waals surface area contributed by atoms with Gasteiger partial charge in [-0.15, -0.1) is 22.7 Å². The number of aromatic amines is 1. The molecular weight excluding hydrogens is 908 g/mol. The molecule has 0 saturated carbocycles. The van der Waals surface area contributed by atoms with Crippen molar-refractivity contribution in [2.45, 2.75) is 0 Å². The Balaban J connectivity index is 0.000000118. The zero-order valence-corrected chi connectivity index (χ0v) is 39.0. The number of hydrogen-bond acceptors (Lipinski definition) is 8. The summed E-state index contributed by atoms with van der Waals surface area (Å²) in [5.74, 6) is 3.11. The van der Waals surface area contributed by atoms with Gasteiger partial charge in [-0.3, -0.25) is 4.57 Å². The van der Waals surface area contributed by atoms with Gasteiger partial charge >= 0.3 is 0 Å². The van der Waals surface area contributed by atoms with Crippen LogP contribution in [-0.4, -0.2) is 39.5 Å². The van der Waals surface area contributed by atoms with Gasteiger partial charge in [-0.05, 0) is 69.5 Å². The fourth-order valence-electron chi connectivity index (χ4n) is 8.73. The Morgan fingerprint density at radius 2 is 0.812 bits per heavy atom. The van der Waals surface area contributed by atoms with Crippen LogP contribution in [0.2, 0.25) is 5.28 Å². The quantitative estimate of drug-likeness (QED) is 0.185. The molecule has 0 aliphatic rings. The second-order valence-corrected chi connectivity index (χ2v) is 18.3. The third-order valence-electron chi connectivity index (χ3n) is 11.9. The molecule has 0 unspecified atom stereocenters. The Hall–Kier alpha value is -8.41. The highest BCUT2D eigenvalue weighted by molar-refractivity contribution is 7.18. The molecule has 8 nitrogen and oxygen atoms in total. The van der Waals surface area contributed by atoms with Crippen LogP contribution in [-0.2, 0) is 0 Å². The van der Waals surface area contributed by atoms with Crippen molar-refractivity contribution in [3.05, 3.63) is 222 Å². The van der Waals surface area contributed by atoms with Crippen LogP contribution in [0.5, 0.6) is 0 Å². The second-order valence-electron chi connectivity index (χ2n) is 16.1. The Morgan fingerprint density at radius 3 is 1.36 bits per heavy atom. The predicted molar refractivity (Wildman–Crippen MR) is 287 cm³/mol. The molecule has 0 aliphatic carbocycles. The molecule has 11 heteroatoms. The number of halogens is 1. The normalized spacial score (nSPS) is 11.3. The first kappa shape index (κ1) is 42.0. The maximum absolute atomic E-state index is 5.99. The highest BCUT2D eigenvalue weighted by Crippen LogP contribution is 2.39. The van der Waals surface area contributed by atoms with E-state index in [9.17, 15) is 0 Å². The van der Waals surface area contributed by atoms with Gasteiger partial charge in [0.25, 0.3) is 0 Å². The summed E-state index contributed by atoms with van der Waals surface area (Å²) >= 11 is 9.58. The van der Waals surface area contributed by atoms with Crippen LogP contribution in [0.1, 0.15) is 0 Å². The number of benzene rings is 8. The number of hydrogen-bond donors (Lipinski definition) is 1. The average Bonchev–Trinajstić information content (AvgIpc) is 4.24. The largest absolute Gasteiger partial charge is 0.354 e. The summed E-state index contributed by atoms with van der Waals surface area (Å²) in [5.41, 5.74) is 8.40. The van der Waals surface area contributed by atoms with Gasteiger partial charge in [-0.25, -0.2) is 9.97 Å². The summed E-state index contributed by atoms with van der Waals surface area (Å²) in [6, 6.07) is 69.7. The van der Waals surface area contributed by atoms with E-state index < -0.39 is 0 Å². The monoisotopic (exact) mass is 944 g/mol. The van der Waals surface area contributed by atoms with Crippen LogP contribution in [0, 0.1) is 0 Å². The van der Waals surface area contributed by atoms with E-state index >= 15 is 0 Å². The van der Waals surface area contributed by atoms with Gasteiger partial charge in [0.1, 0.15) is 0 Å². The minimum absolute atomic E-state index is 0.202. The van der Waals surface area contributed by atoms with Gasteiger partial charge in [-0.1, -0.05) is 170 Å². The lowest BCUT2D eigenvalue weighted by atomic mass is 10.1. The Bertz CT molecular complexity index is 3980. The smallest absolute Gasteiger partial charge is 0.238 e. The standard InChI is InChI=1S/C29H18N4S.C15H10ClN3.C14H9NS/c1-3-9-20(10-4-1)27-30-28(21-11-5-2-6-12-21)32-29(31-27)33-23-14-8-7-13-22(23)25-24(33)16-15-19-17-18-34-26(19)25;16-15-18-13(11-7-3-1-4-8-11)17-14(19-15)12-9-5-2-6-10-12;1-2-4-11-10(3-1)13-12(15-11)6-5-9-7-8-16-14(9)13/h1-18H;1-10H;1-8,15H. The predicted octanol–water partition coefficient (Wildman–Crippen LogP) is 15.9. The highest BCUT2D eigenvalue weighted by Gasteiger charge is 2.19. The van der Waals surface area contributed by atoms with Crippen molar-refractivity contribution in [1.29, 1.82) is 0 Å². The maximum Gasteiger partial charge on any atom is 0.238 e. The van der Waals surface area contributed by atoms with Crippen LogP contribution in [0.4, 0.5) is 0 Å². The van der Waals surface area contributed by atoms with E-state index in [0.29, 0.717) is 29.2 Å².